The topological polar surface area (TPSA) is 102 Å². The van der Waals surface area contributed by atoms with Crippen LogP contribution in [0.4, 0.5) is 19.0 Å². The zero-order chi connectivity index (χ0) is 30.7. The van der Waals surface area contributed by atoms with E-state index in [0.29, 0.717) is 5.56 Å². The SMILES string of the molecule is CC(C)c1ccc(C(O)=C2C(=O)C(=O)N(c3ccc(OCc4ccccc4)nn3)C2c2ccc(OC(F)(F)F)cc2)cc1. The number of Topliss-reactive ketones (excluding diaryl/α,β-unsaturated/α-hetero) is 1. The minimum Gasteiger partial charge on any atom is -0.507 e. The van der Waals surface area contributed by atoms with E-state index in [1.54, 1.807) is 24.3 Å². The van der Waals surface area contributed by atoms with Gasteiger partial charge in [0.1, 0.15) is 18.1 Å². The van der Waals surface area contributed by atoms with Gasteiger partial charge in [0.15, 0.2) is 5.82 Å². The summed E-state index contributed by atoms with van der Waals surface area (Å²) in [6.45, 7) is 4.23. The average Bonchev–Trinajstić information content (AvgIpc) is 3.26. The Balaban J connectivity index is 1.53. The van der Waals surface area contributed by atoms with E-state index in [1.807, 2.05) is 44.2 Å². The van der Waals surface area contributed by atoms with Crippen molar-refractivity contribution in [2.24, 2.45) is 0 Å². The minimum absolute atomic E-state index is 0.0241. The smallest absolute Gasteiger partial charge is 0.507 e. The Hall–Kier alpha value is -5.19. The molecule has 1 unspecified atom stereocenters. The quantitative estimate of drug-likeness (QED) is 0.139. The van der Waals surface area contributed by atoms with Crippen LogP contribution in [0.2, 0.25) is 0 Å². The van der Waals surface area contributed by atoms with Crippen LogP contribution in [0.5, 0.6) is 11.6 Å². The Labute approximate surface area is 245 Å². The molecule has 1 saturated heterocycles. The number of hydrogen-bond acceptors (Lipinski definition) is 7. The number of halogens is 3. The van der Waals surface area contributed by atoms with Crippen molar-refractivity contribution in [1.82, 2.24) is 10.2 Å². The second-order valence-corrected chi connectivity index (χ2v) is 10.1. The number of carbonyl (C=O) groups excluding carboxylic acids is 2. The normalized spacial score (nSPS) is 16.5. The highest BCUT2D eigenvalue weighted by Crippen LogP contribution is 2.42. The number of ether oxygens (including phenoxy) is 2. The highest BCUT2D eigenvalue weighted by Gasteiger charge is 2.47. The van der Waals surface area contributed by atoms with Gasteiger partial charge in [-0.3, -0.25) is 14.5 Å². The van der Waals surface area contributed by atoms with Crippen molar-refractivity contribution in [1.29, 1.82) is 0 Å². The van der Waals surface area contributed by atoms with Crippen molar-refractivity contribution in [3.8, 4) is 11.6 Å². The molecule has 2 heterocycles. The van der Waals surface area contributed by atoms with Crippen LogP contribution in [0.1, 0.15) is 48.1 Å². The van der Waals surface area contributed by atoms with Crippen molar-refractivity contribution in [2.45, 2.75) is 38.8 Å². The molecule has 8 nitrogen and oxygen atoms in total. The molecule has 0 bridgehead atoms. The molecule has 1 aliphatic rings. The molecule has 0 saturated carbocycles. The molecule has 4 aromatic rings. The standard InChI is InChI=1S/C32H26F3N3O5/c1-19(2)21-8-10-23(11-9-21)29(39)27-28(22-12-14-24(15-13-22)43-32(33,34)35)38(31(41)30(27)40)25-16-17-26(37-36-25)42-18-20-6-4-3-5-7-20/h3-17,19,28,39H,18H2,1-2H3. The van der Waals surface area contributed by atoms with Crippen molar-refractivity contribution in [2.75, 3.05) is 4.90 Å². The fourth-order valence-corrected chi connectivity index (χ4v) is 4.67. The van der Waals surface area contributed by atoms with Crippen LogP contribution < -0.4 is 14.4 Å². The third-order valence-corrected chi connectivity index (χ3v) is 6.83. The van der Waals surface area contributed by atoms with E-state index < -0.39 is 35.6 Å². The first-order chi connectivity index (χ1) is 20.5. The van der Waals surface area contributed by atoms with E-state index in [9.17, 15) is 27.9 Å². The Morgan fingerprint density at radius 2 is 1.58 bits per heavy atom. The van der Waals surface area contributed by atoms with Crippen molar-refractivity contribution in [3.63, 3.8) is 0 Å². The highest BCUT2D eigenvalue weighted by molar-refractivity contribution is 6.51. The Bertz CT molecular complexity index is 1640. The number of alkyl halides is 3. The van der Waals surface area contributed by atoms with Gasteiger partial charge in [-0.15, -0.1) is 23.4 Å². The summed E-state index contributed by atoms with van der Waals surface area (Å²) in [5.74, 6) is -2.55. The maximum absolute atomic E-state index is 13.4. The number of aliphatic hydroxyl groups excluding tert-OH is 1. The van der Waals surface area contributed by atoms with Gasteiger partial charge in [-0.05, 0) is 40.8 Å². The van der Waals surface area contributed by atoms with Gasteiger partial charge in [0.2, 0.25) is 5.88 Å². The van der Waals surface area contributed by atoms with Crippen LogP contribution in [0, 0.1) is 0 Å². The summed E-state index contributed by atoms with van der Waals surface area (Å²) >= 11 is 0. The Morgan fingerprint density at radius 1 is 0.907 bits per heavy atom. The van der Waals surface area contributed by atoms with Gasteiger partial charge in [-0.1, -0.05) is 80.6 Å². The Morgan fingerprint density at radius 3 is 2.16 bits per heavy atom. The van der Waals surface area contributed by atoms with Crippen molar-refractivity contribution in [3.05, 3.63) is 119 Å². The first-order valence-electron chi connectivity index (χ1n) is 13.3. The lowest BCUT2D eigenvalue weighted by Crippen LogP contribution is -2.30. The lowest BCUT2D eigenvalue weighted by Gasteiger charge is -2.24. The molecule has 1 N–H and O–H groups in total. The predicted molar refractivity (Wildman–Crippen MR) is 151 cm³/mol. The molecular weight excluding hydrogens is 563 g/mol. The number of aliphatic hydroxyl groups is 1. The molecule has 43 heavy (non-hydrogen) atoms. The number of carbonyl (C=O) groups is 2. The molecule has 11 heteroatoms. The fourth-order valence-electron chi connectivity index (χ4n) is 4.67. The first-order valence-corrected chi connectivity index (χ1v) is 13.3. The van der Waals surface area contributed by atoms with Crippen LogP contribution in [-0.4, -0.2) is 33.4 Å². The van der Waals surface area contributed by atoms with E-state index in [0.717, 1.165) is 28.2 Å². The monoisotopic (exact) mass is 589 g/mol. The van der Waals surface area contributed by atoms with Gasteiger partial charge >= 0.3 is 12.3 Å². The summed E-state index contributed by atoms with van der Waals surface area (Å²) in [6.07, 6.45) is -4.90. The van der Waals surface area contributed by atoms with Crippen LogP contribution in [0.15, 0.2) is 96.6 Å². The summed E-state index contributed by atoms with van der Waals surface area (Å²) in [4.78, 5) is 27.8. The van der Waals surface area contributed by atoms with Gasteiger partial charge in [0.25, 0.3) is 5.78 Å². The lowest BCUT2D eigenvalue weighted by atomic mass is 9.94. The van der Waals surface area contributed by atoms with Crippen LogP contribution >= 0.6 is 0 Å². The molecule has 0 radical (unpaired) electrons. The number of nitrogens with zero attached hydrogens (tertiary/aromatic N) is 3. The molecule has 3 aromatic carbocycles. The molecule has 5 rings (SSSR count). The van der Waals surface area contributed by atoms with E-state index in [2.05, 4.69) is 14.9 Å². The van der Waals surface area contributed by atoms with Crippen molar-refractivity contribution < 1.29 is 37.3 Å². The van der Waals surface area contributed by atoms with E-state index >= 15 is 0 Å². The molecule has 1 aromatic heterocycles. The molecule has 1 amide bonds. The number of rotatable bonds is 8. The zero-order valence-electron chi connectivity index (χ0n) is 23.1. The molecular formula is C32H26F3N3O5. The van der Waals surface area contributed by atoms with Gasteiger partial charge in [-0.25, -0.2) is 0 Å². The van der Waals surface area contributed by atoms with Gasteiger partial charge < -0.3 is 14.6 Å². The fraction of sp³-hybridized carbons (Fsp3) is 0.188. The number of aromatic nitrogens is 2. The third kappa shape index (κ3) is 6.50. The summed E-state index contributed by atoms with van der Waals surface area (Å²) in [6, 6.07) is 22.6. The summed E-state index contributed by atoms with van der Waals surface area (Å²) < 4.78 is 47.9. The van der Waals surface area contributed by atoms with Crippen LogP contribution in [0.25, 0.3) is 5.76 Å². The highest BCUT2D eigenvalue weighted by atomic mass is 19.4. The van der Waals surface area contributed by atoms with Gasteiger partial charge in [0, 0.05) is 11.6 Å². The van der Waals surface area contributed by atoms with Gasteiger partial charge in [-0.2, -0.15) is 0 Å². The summed E-state index contributed by atoms with van der Waals surface area (Å²) in [5.41, 5.74) is 2.18. The number of amides is 1. The number of anilines is 1. The molecule has 220 valence electrons. The second-order valence-electron chi connectivity index (χ2n) is 10.1. The lowest BCUT2D eigenvalue weighted by molar-refractivity contribution is -0.274. The van der Waals surface area contributed by atoms with E-state index in [-0.39, 0.29) is 35.4 Å². The largest absolute Gasteiger partial charge is 0.573 e. The first kappa shape index (κ1) is 29.3. The zero-order valence-corrected chi connectivity index (χ0v) is 23.1. The van der Waals surface area contributed by atoms with Crippen LogP contribution in [0.3, 0.4) is 0 Å². The molecule has 1 aliphatic heterocycles. The predicted octanol–water partition coefficient (Wildman–Crippen LogP) is 6.70. The second kappa shape index (κ2) is 12.0. The number of hydrogen-bond donors (Lipinski definition) is 1. The van der Waals surface area contributed by atoms with E-state index in [1.165, 1.54) is 24.3 Å². The number of ketones is 1. The maximum Gasteiger partial charge on any atom is 0.573 e. The number of benzene rings is 3. The summed E-state index contributed by atoms with van der Waals surface area (Å²) in [7, 11) is 0. The molecule has 1 atom stereocenters. The third-order valence-electron chi connectivity index (χ3n) is 6.83. The summed E-state index contributed by atoms with van der Waals surface area (Å²) in [5, 5.41) is 19.4. The minimum atomic E-state index is -4.90. The molecule has 1 fully saturated rings. The molecule has 0 aliphatic carbocycles. The van der Waals surface area contributed by atoms with Crippen LogP contribution in [-0.2, 0) is 16.2 Å². The van der Waals surface area contributed by atoms with Gasteiger partial charge in [0.05, 0.1) is 11.6 Å². The molecule has 0 spiro atoms. The van der Waals surface area contributed by atoms with Crippen molar-refractivity contribution >= 4 is 23.3 Å². The maximum atomic E-state index is 13.4. The Kier molecular flexibility index (Phi) is 8.16. The average molecular weight is 590 g/mol. The van der Waals surface area contributed by atoms with E-state index in [4.69, 9.17) is 4.74 Å².